The topological polar surface area (TPSA) is 138 Å². The summed E-state index contributed by atoms with van der Waals surface area (Å²) in [5, 5.41) is 11.8. The van der Waals surface area contributed by atoms with Gasteiger partial charge in [-0.25, -0.2) is 0 Å². The van der Waals surface area contributed by atoms with Crippen LogP contribution in [0.15, 0.2) is 24.4 Å². The highest BCUT2D eigenvalue weighted by atomic mass is 16.5. The van der Waals surface area contributed by atoms with E-state index in [1.807, 2.05) is 41.5 Å². The van der Waals surface area contributed by atoms with Crippen LogP contribution in [0.2, 0.25) is 0 Å². The average molecular weight is 614 g/mol. The van der Waals surface area contributed by atoms with Gasteiger partial charge in [0.1, 0.15) is 35.7 Å². The number of hydrogen-bond acceptors (Lipinski definition) is 7. The molecule has 2 heterocycles. The van der Waals surface area contributed by atoms with Crippen LogP contribution in [0.1, 0.15) is 72.8 Å². The Bertz CT molecular complexity index is 1200. The SMILES string of the molecule is CCC(C)C1NC(=O)C2C(CCN2C(=O)C(NC(=O)C(CC(C)C)NC)C(C)CC)Oc2ccc(OC)c(c2)C=CNC1=O. The maximum Gasteiger partial charge on any atom is 0.247 e. The van der Waals surface area contributed by atoms with Gasteiger partial charge in [-0.3, -0.25) is 19.2 Å². The van der Waals surface area contributed by atoms with E-state index in [1.165, 1.54) is 11.1 Å². The molecule has 4 N–H and O–H groups in total. The standard InChI is InChI=1S/C33H51N5O6/c1-9-20(5)27-31(40)35-15-13-22-18-23(11-12-25(22)43-8)44-26-14-16-38(29(26)32(41)36-27)33(42)28(21(6)10-2)37-30(39)24(34-7)17-19(3)4/h11-13,15,18-21,24,26-29,34H,9-10,14,16-17H2,1-8H3,(H,35,40)(H,36,41)(H,37,39). The zero-order valence-electron chi connectivity index (χ0n) is 27.4. The second kappa shape index (κ2) is 15.9. The Morgan fingerprint density at radius 3 is 2.45 bits per heavy atom. The van der Waals surface area contributed by atoms with Crippen LogP contribution in [-0.2, 0) is 19.2 Å². The molecule has 1 aromatic carbocycles. The third-order valence-electron chi connectivity index (χ3n) is 8.81. The maximum atomic E-state index is 14.3. The summed E-state index contributed by atoms with van der Waals surface area (Å²) in [6, 6.07) is 2.15. The monoisotopic (exact) mass is 613 g/mol. The van der Waals surface area contributed by atoms with Crippen molar-refractivity contribution in [2.45, 2.75) is 97.5 Å². The molecule has 1 aromatic rings. The van der Waals surface area contributed by atoms with E-state index in [9.17, 15) is 19.2 Å². The van der Waals surface area contributed by atoms with E-state index < -0.39 is 36.2 Å². The minimum atomic E-state index is -1.01. The molecule has 2 aliphatic heterocycles. The van der Waals surface area contributed by atoms with Crippen molar-refractivity contribution in [1.29, 1.82) is 0 Å². The third kappa shape index (κ3) is 8.31. The van der Waals surface area contributed by atoms with E-state index in [4.69, 9.17) is 9.47 Å². The number of carbonyl (C=O) groups is 4. The summed E-state index contributed by atoms with van der Waals surface area (Å²) in [7, 11) is 3.29. The molecule has 7 unspecified atom stereocenters. The van der Waals surface area contributed by atoms with Crippen LogP contribution in [0.5, 0.6) is 11.5 Å². The quantitative estimate of drug-likeness (QED) is 0.301. The number of likely N-dealkylation sites (N-methyl/N-ethyl adjacent to an activating group) is 1. The van der Waals surface area contributed by atoms with Crippen molar-refractivity contribution in [3.05, 3.63) is 30.0 Å². The van der Waals surface area contributed by atoms with Crippen molar-refractivity contribution < 1.29 is 28.7 Å². The van der Waals surface area contributed by atoms with Gasteiger partial charge in [0.15, 0.2) is 0 Å². The molecule has 11 nitrogen and oxygen atoms in total. The maximum absolute atomic E-state index is 14.3. The minimum absolute atomic E-state index is 0.176. The van der Waals surface area contributed by atoms with Crippen molar-refractivity contribution >= 4 is 29.7 Å². The summed E-state index contributed by atoms with van der Waals surface area (Å²) in [6.45, 7) is 12.1. The fourth-order valence-electron chi connectivity index (χ4n) is 5.72. The molecule has 7 atom stereocenters. The van der Waals surface area contributed by atoms with Crippen LogP contribution < -0.4 is 30.7 Å². The number of methoxy groups -OCH3 is 1. The van der Waals surface area contributed by atoms with E-state index in [0.29, 0.717) is 42.7 Å². The molecular formula is C33H51N5O6. The molecule has 0 radical (unpaired) electrons. The van der Waals surface area contributed by atoms with E-state index in [-0.39, 0.29) is 42.0 Å². The number of rotatable bonds is 11. The summed E-state index contributed by atoms with van der Waals surface area (Å²) in [5.41, 5.74) is 0.687. The van der Waals surface area contributed by atoms with Crippen LogP contribution in [0.3, 0.4) is 0 Å². The Hall–Kier alpha value is -3.60. The fraction of sp³-hybridized carbons (Fsp3) is 0.636. The third-order valence-corrected chi connectivity index (χ3v) is 8.81. The number of carbonyl (C=O) groups excluding carboxylic acids is 4. The molecule has 3 rings (SSSR count). The highest BCUT2D eigenvalue weighted by Gasteiger charge is 2.47. The normalized spacial score (nSPS) is 23.0. The summed E-state index contributed by atoms with van der Waals surface area (Å²) in [6.07, 6.45) is 4.88. The highest BCUT2D eigenvalue weighted by Crippen LogP contribution is 2.30. The fourth-order valence-corrected chi connectivity index (χ4v) is 5.72. The largest absolute Gasteiger partial charge is 0.496 e. The molecular weight excluding hydrogens is 562 g/mol. The van der Waals surface area contributed by atoms with E-state index in [0.717, 1.165) is 0 Å². The molecule has 4 amide bonds. The van der Waals surface area contributed by atoms with E-state index in [2.05, 4.69) is 21.3 Å². The molecule has 1 saturated heterocycles. The first-order valence-electron chi connectivity index (χ1n) is 15.9. The van der Waals surface area contributed by atoms with Gasteiger partial charge < -0.3 is 35.6 Å². The molecule has 0 aromatic heterocycles. The Balaban J connectivity index is 2.02. The van der Waals surface area contributed by atoms with Crippen molar-refractivity contribution in [2.75, 3.05) is 20.7 Å². The van der Waals surface area contributed by atoms with Gasteiger partial charge in [-0.15, -0.1) is 0 Å². The molecule has 44 heavy (non-hydrogen) atoms. The van der Waals surface area contributed by atoms with Gasteiger partial charge in [0.05, 0.1) is 13.2 Å². The number of nitrogens with zero attached hydrogens (tertiary/aromatic N) is 1. The second-order valence-electron chi connectivity index (χ2n) is 12.4. The first-order chi connectivity index (χ1) is 20.9. The zero-order valence-corrected chi connectivity index (χ0v) is 27.4. The molecule has 2 aliphatic rings. The number of amides is 4. The van der Waals surface area contributed by atoms with Crippen molar-refractivity contribution in [3.8, 4) is 11.5 Å². The van der Waals surface area contributed by atoms with Gasteiger partial charge in [-0.1, -0.05) is 54.4 Å². The van der Waals surface area contributed by atoms with Crippen LogP contribution in [0.25, 0.3) is 6.08 Å². The molecule has 11 heteroatoms. The molecule has 0 saturated carbocycles. The predicted molar refractivity (Wildman–Crippen MR) is 170 cm³/mol. The Morgan fingerprint density at radius 2 is 1.84 bits per heavy atom. The highest BCUT2D eigenvalue weighted by molar-refractivity contribution is 5.96. The number of likely N-dealkylation sites (tertiary alicyclic amines) is 1. The van der Waals surface area contributed by atoms with E-state index in [1.54, 1.807) is 38.4 Å². The van der Waals surface area contributed by atoms with Crippen LogP contribution >= 0.6 is 0 Å². The first-order valence-corrected chi connectivity index (χ1v) is 15.9. The number of ether oxygens (including phenoxy) is 2. The Labute approximate surface area is 261 Å². The molecule has 1 fully saturated rings. The van der Waals surface area contributed by atoms with Gasteiger partial charge in [-0.05, 0) is 55.5 Å². The van der Waals surface area contributed by atoms with Crippen LogP contribution in [0.4, 0.5) is 0 Å². The molecule has 244 valence electrons. The van der Waals surface area contributed by atoms with E-state index >= 15 is 0 Å². The molecule has 2 bridgehead atoms. The van der Waals surface area contributed by atoms with Crippen molar-refractivity contribution in [1.82, 2.24) is 26.2 Å². The smallest absolute Gasteiger partial charge is 0.247 e. The number of nitrogens with one attached hydrogen (secondary N) is 4. The summed E-state index contributed by atoms with van der Waals surface area (Å²) >= 11 is 0. The lowest BCUT2D eigenvalue weighted by molar-refractivity contribution is -0.145. The Kier molecular flexibility index (Phi) is 12.6. The zero-order chi connectivity index (χ0) is 32.6. The summed E-state index contributed by atoms with van der Waals surface area (Å²) in [4.78, 5) is 56.5. The predicted octanol–water partition coefficient (Wildman–Crippen LogP) is 2.84. The first kappa shape index (κ1) is 34.9. The molecule has 0 aliphatic carbocycles. The minimum Gasteiger partial charge on any atom is -0.496 e. The summed E-state index contributed by atoms with van der Waals surface area (Å²) in [5.74, 6) is -0.416. The van der Waals surface area contributed by atoms with Gasteiger partial charge in [-0.2, -0.15) is 0 Å². The lowest BCUT2D eigenvalue weighted by Gasteiger charge is -2.34. The van der Waals surface area contributed by atoms with Crippen molar-refractivity contribution in [2.24, 2.45) is 17.8 Å². The van der Waals surface area contributed by atoms with Gasteiger partial charge in [0.25, 0.3) is 0 Å². The van der Waals surface area contributed by atoms with Crippen LogP contribution in [0, 0.1) is 17.8 Å². The lowest BCUT2D eigenvalue weighted by atomic mass is 9.95. The van der Waals surface area contributed by atoms with Gasteiger partial charge >= 0.3 is 0 Å². The number of hydrogen-bond donors (Lipinski definition) is 4. The lowest BCUT2D eigenvalue weighted by Crippen LogP contribution is -2.61. The van der Waals surface area contributed by atoms with Gasteiger partial charge in [0.2, 0.25) is 23.6 Å². The van der Waals surface area contributed by atoms with Gasteiger partial charge in [0, 0.05) is 24.7 Å². The second-order valence-corrected chi connectivity index (χ2v) is 12.4. The average Bonchev–Trinajstić information content (AvgIpc) is 3.43. The van der Waals surface area contributed by atoms with Crippen molar-refractivity contribution in [3.63, 3.8) is 0 Å². The Morgan fingerprint density at radius 1 is 1.11 bits per heavy atom. The summed E-state index contributed by atoms with van der Waals surface area (Å²) < 4.78 is 11.9. The number of benzene rings is 1. The molecule has 0 spiro atoms. The van der Waals surface area contributed by atoms with Crippen LogP contribution in [-0.4, -0.2) is 79.5 Å². The number of fused-ring (bicyclic) bond motifs is 3.